The van der Waals surface area contributed by atoms with Gasteiger partial charge in [0.1, 0.15) is 12.4 Å². The van der Waals surface area contributed by atoms with Crippen molar-refractivity contribution < 1.29 is 62.7 Å². The van der Waals surface area contributed by atoms with Gasteiger partial charge in [-0.15, -0.1) is 0 Å². The number of benzene rings is 1. The number of hydrogen-bond acceptors (Lipinski definition) is 12. The standard InChI is InChI=1S/C24H42O11.C3H4O2/c25-6-7-27-8-9-28-10-11-29-12-13-30-14-15-31-16-17-32-18-19-33-20-21-34-24(22-26)35-23-4-2-1-3-5-23;1-2-3(4)5/h1-5,24-26H,6-22H2;2H,1H2,(H,4,5). The molecule has 40 heavy (non-hydrogen) atoms. The summed E-state index contributed by atoms with van der Waals surface area (Å²) in [5.41, 5.74) is 0. The molecule has 232 valence electrons. The fourth-order valence-electron chi connectivity index (χ4n) is 2.50. The largest absolute Gasteiger partial charge is 0.478 e. The number of aliphatic hydroxyl groups is 2. The second-order valence-electron chi connectivity index (χ2n) is 7.47. The third kappa shape index (κ3) is 28.8. The van der Waals surface area contributed by atoms with E-state index in [-0.39, 0.29) is 13.2 Å². The Hall–Kier alpha value is -2.17. The van der Waals surface area contributed by atoms with Gasteiger partial charge >= 0.3 is 5.97 Å². The minimum Gasteiger partial charge on any atom is -0.478 e. The minimum absolute atomic E-state index is 0.0235. The zero-order valence-electron chi connectivity index (χ0n) is 23.2. The average Bonchev–Trinajstić information content (AvgIpc) is 2.97. The summed E-state index contributed by atoms with van der Waals surface area (Å²) in [5.74, 6) is -0.343. The molecule has 1 atom stereocenters. The van der Waals surface area contributed by atoms with E-state index >= 15 is 0 Å². The van der Waals surface area contributed by atoms with Crippen LogP contribution in [0.2, 0.25) is 0 Å². The molecular formula is C27H46O13. The fraction of sp³-hybridized carbons (Fsp3) is 0.667. The van der Waals surface area contributed by atoms with Crippen LogP contribution in [-0.2, 0) is 42.7 Å². The van der Waals surface area contributed by atoms with Gasteiger partial charge in [-0.2, -0.15) is 0 Å². The highest BCUT2D eigenvalue weighted by molar-refractivity contribution is 5.78. The molecule has 1 unspecified atom stereocenters. The van der Waals surface area contributed by atoms with E-state index in [9.17, 15) is 9.90 Å². The molecule has 13 nitrogen and oxygen atoms in total. The number of carboxylic acid groups (broad SMARTS) is 1. The van der Waals surface area contributed by atoms with Crippen molar-refractivity contribution in [2.24, 2.45) is 0 Å². The van der Waals surface area contributed by atoms with Gasteiger partial charge in [0.15, 0.2) is 0 Å². The highest BCUT2D eigenvalue weighted by atomic mass is 16.7. The molecular weight excluding hydrogens is 532 g/mol. The van der Waals surface area contributed by atoms with Crippen LogP contribution in [-0.4, -0.2) is 140 Å². The van der Waals surface area contributed by atoms with E-state index in [1.54, 1.807) is 12.1 Å². The van der Waals surface area contributed by atoms with Crippen molar-refractivity contribution in [3.05, 3.63) is 43.0 Å². The van der Waals surface area contributed by atoms with Gasteiger partial charge in [0.05, 0.1) is 106 Å². The van der Waals surface area contributed by atoms with Crippen LogP contribution in [0, 0.1) is 0 Å². The summed E-state index contributed by atoms with van der Waals surface area (Å²) in [6.45, 7) is 9.56. The van der Waals surface area contributed by atoms with Crippen molar-refractivity contribution in [3.8, 4) is 5.75 Å². The number of hydrogen-bond donors (Lipinski definition) is 3. The zero-order valence-corrected chi connectivity index (χ0v) is 23.2. The number of carbonyl (C=O) groups is 1. The number of ether oxygens (including phenoxy) is 9. The third-order valence-electron chi connectivity index (χ3n) is 4.33. The molecule has 3 N–H and O–H groups in total. The van der Waals surface area contributed by atoms with Gasteiger partial charge in [0.2, 0.25) is 6.29 Å². The lowest BCUT2D eigenvalue weighted by Crippen LogP contribution is -2.26. The van der Waals surface area contributed by atoms with Gasteiger partial charge in [-0.25, -0.2) is 4.79 Å². The second kappa shape index (κ2) is 31.4. The molecule has 0 aromatic heterocycles. The van der Waals surface area contributed by atoms with E-state index in [2.05, 4.69) is 6.58 Å². The van der Waals surface area contributed by atoms with Crippen LogP contribution in [0.4, 0.5) is 0 Å². The van der Waals surface area contributed by atoms with Gasteiger partial charge in [0, 0.05) is 6.08 Å². The summed E-state index contributed by atoms with van der Waals surface area (Å²) >= 11 is 0. The van der Waals surface area contributed by atoms with Crippen LogP contribution in [0.5, 0.6) is 5.75 Å². The number of carboxylic acids is 1. The summed E-state index contributed by atoms with van der Waals surface area (Å²) in [4.78, 5) is 9.25. The maximum absolute atomic E-state index is 9.32. The van der Waals surface area contributed by atoms with E-state index in [4.69, 9.17) is 52.8 Å². The number of aliphatic hydroxyl groups excluding tert-OH is 2. The maximum Gasteiger partial charge on any atom is 0.327 e. The Morgan fingerprint density at radius 3 is 1.32 bits per heavy atom. The normalized spacial score (nSPS) is 11.4. The summed E-state index contributed by atoms with van der Waals surface area (Å²) in [6.07, 6.45) is 0.111. The van der Waals surface area contributed by atoms with Gasteiger partial charge < -0.3 is 58.0 Å². The first-order valence-electron chi connectivity index (χ1n) is 13.1. The molecule has 0 fully saturated rings. The summed E-state index contributed by atoms with van der Waals surface area (Å²) in [5, 5.41) is 25.5. The van der Waals surface area contributed by atoms with Crippen LogP contribution in [0.15, 0.2) is 43.0 Å². The van der Waals surface area contributed by atoms with Crippen molar-refractivity contribution in [1.82, 2.24) is 0 Å². The monoisotopic (exact) mass is 578 g/mol. The molecule has 0 bridgehead atoms. The number of rotatable bonds is 28. The maximum atomic E-state index is 9.32. The molecule has 0 radical (unpaired) electrons. The molecule has 1 aromatic carbocycles. The van der Waals surface area contributed by atoms with Crippen molar-refractivity contribution in [3.63, 3.8) is 0 Å². The smallest absolute Gasteiger partial charge is 0.327 e. The van der Waals surface area contributed by atoms with Crippen molar-refractivity contribution in [2.45, 2.75) is 6.29 Å². The molecule has 1 rings (SSSR count). The highest BCUT2D eigenvalue weighted by Crippen LogP contribution is 2.11. The first-order chi connectivity index (χ1) is 19.6. The van der Waals surface area contributed by atoms with E-state index in [0.29, 0.717) is 105 Å². The van der Waals surface area contributed by atoms with Crippen LogP contribution < -0.4 is 4.74 Å². The molecule has 0 aliphatic carbocycles. The Morgan fingerprint density at radius 2 is 1.00 bits per heavy atom. The Labute approximate surface area is 236 Å². The molecule has 0 heterocycles. The molecule has 1 aromatic rings. The third-order valence-corrected chi connectivity index (χ3v) is 4.33. The quantitative estimate of drug-likeness (QED) is 0.0727. The van der Waals surface area contributed by atoms with Crippen molar-refractivity contribution >= 4 is 5.97 Å². The van der Waals surface area contributed by atoms with E-state index in [1.807, 2.05) is 18.2 Å². The SMILES string of the molecule is C=CC(=O)O.OCCOCCOCCOCCOCCOCCOCCOCCOC(CO)Oc1ccccc1. The van der Waals surface area contributed by atoms with Crippen LogP contribution in [0.25, 0.3) is 0 Å². The summed E-state index contributed by atoms with van der Waals surface area (Å²) < 4.78 is 48.4. The first-order valence-corrected chi connectivity index (χ1v) is 13.1. The average molecular weight is 579 g/mol. The van der Waals surface area contributed by atoms with Crippen molar-refractivity contribution in [1.29, 1.82) is 0 Å². The van der Waals surface area contributed by atoms with E-state index < -0.39 is 12.3 Å². The molecule has 0 aliphatic heterocycles. The summed E-state index contributed by atoms with van der Waals surface area (Å²) in [6, 6.07) is 9.19. The predicted molar refractivity (Wildman–Crippen MR) is 145 cm³/mol. The number of aliphatic carboxylic acids is 1. The fourth-order valence-corrected chi connectivity index (χ4v) is 2.50. The lowest BCUT2D eigenvalue weighted by Gasteiger charge is -2.17. The van der Waals surface area contributed by atoms with Gasteiger partial charge in [-0.1, -0.05) is 24.8 Å². The Kier molecular flexibility index (Phi) is 29.7. The molecule has 0 spiro atoms. The lowest BCUT2D eigenvalue weighted by molar-refractivity contribution is -0.131. The highest BCUT2D eigenvalue weighted by Gasteiger charge is 2.08. The second-order valence-corrected chi connectivity index (χ2v) is 7.47. The van der Waals surface area contributed by atoms with Gasteiger partial charge in [0.25, 0.3) is 0 Å². The molecule has 0 saturated heterocycles. The van der Waals surface area contributed by atoms with Crippen LogP contribution in [0.1, 0.15) is 0 Å². The van der Waals surface area contributed by atoms with Crippen LogP contribution in [0.3, 0.4) is 0 Å². The molecule has 13 heteroatoms. The molecule has 0 aliphatic rings. The summed E-state index contributed by atoms with van der Waals surface area (Å²) in [7, 11) is 0. The van der Waals surface area contributed by atoms with Gasteiger partial charge in [-0.3, -0.25) is 0 Å². The van der Waals surface area contributed by atoms with E-state index in [0.717, 1.165) is 6.08 Å². The first kappa shape index (κ1) is 37.8. The Bertz CT molecular complexity index is 663. The topological polar surface area (TPSA) is 161 Å². The minimum atomic E-state index is -0.981. The van der Waals surface area contributed by atoms with E-state index in [1.165, 1.54) is 0 Å². The van der Waals surface area contributed by atoms with Crippen LogP contribution >= 0.6 is 0 Å². The number of para-hydroxylation sites is 1. The Morgan fingerprint density at radius 1 is 0.650 bits per heavy atom. The lowest BCUT2D eigenvalue weighted by atomic mass is 10.3. The Balaban J connectivity index is 0.00000277. The van der Waals surface area contributed by atoms with Crippen molar-refractivity contribution in [2.75, 3.05) is 112 Å². The molecule has 0 amide bonds. The molecule has 0 saturated carbocycles. The predicted octanol–water partition coefficient (Wildman–Crippen LogP) is 0.766. The van der Waals surface area contributed by atoms with Gasteiger partial charge in [-0.05, 0) is 12.1 Å². The zero-order chi connectivity index (χ0) is 29.4.